The van der Waals surface area contributed by atoms with E-state index in [0.29, 0.717) is 0 Å². The molecule has 0 heteroatoms. The Kier molecular flexibility index (Phi) is 16.4. The van der Waals surface area contributed by atoms with Crippen molar-refractivity contribution in [2.75, 3.05) is 0 Å². The van der Waals surface area contributed by atoms with E-state index in [0.717, 1.165) is 11.8 Å². The first-order valence-corrected chi connectivity index (χ1v) is 10.3. The van der Waals surface area contributed by atoms with Crippen molar-refractivity contribution in [1.82, 2.24) is 0 Å². The van der Waals surface area contributed by atoms with Crippen molar-refractivity contribution >= 4 is 0 Å². The second-order valence-corrected chi connectivity index (χ2v) is 7.24. The van der Waals surface area contributed by atoms with E-state index >= 15 is 0 Å². The van der Waals surface area contributed by atoms with Gasteiger partial charge in [0.2, 0.25) is 0 Å². The van der Waals surface area contributed by atoms with Crippen LogP contribution in [0.3, 0.4) is 0 Å². The zero-order valence-corrected chi connectivity index (χ0v) is 15.8. The van der Waals surface area contributed by atoms with Gasteiger partial charge in [-0.15, -0.1) is 0 Å². The van der Waals surface area contributed by atoms with E-state index in [1.54, 1.807) is 0 Å². The Balaban J connectivity index is 4.02. The van der Waals surface area contributed by atoms with Gasteiger partial charge in [-0.3, -0.25) is 0 Å². The fourth-order valence-electron chi connectivity index (χ4n) is 3.77. The first-order chi connectivity index (χ1) is 10.3. The summed E-state index contributed by atoms with van der Waals surface area (Å²) in [6, 6.07) is 0. The van der Waals surface area contributed by atoms with Crippen molar-refractivity contribution in [3.05, 3.63) is 0 Å². The highest BCUT2D eigenvalue weighted by Gasteiger charge is 2.15. The van der Waals surface area contributed by atoms with Gasteiger partial charge in [0.1, 0.15) is 0 Å². The minimum Gasteiger partial charge on any atom is -0.0654 e. The Labute approximate surface area is 136 Å². The summed E-state index contributed by atoms with van der Waals surface area (Å²) in [7, 11) is 0. The molecule has 0 fully saturated rings. The molecule has 0 aromatic heterocycles. The van der Waals surface area contributed by atoms with Crippen LogP contribution in [0.2, 0.25) is 0 Å². The van der Waals surface area contributed by atoms with Crippen molar-refractivity contribution in [1.29, 1.82) is 0 Å². The molecule has 0 heterocycles. The normalized spacial score (nSPS) is 14.3. The minimum atomic E-state index is 1.02. The first-order valence-electron chi connectivity index (χ1n) is 10.3. The van der Waals surface area contributed by atoms with E-state index in [2.05, 4.69) is 27.7 Å². The monoisotopic (exact) mass is 296 g/mol. The summed E-state index contributed by atoms with van der Waals surface area (Å²) in [5, 5.41) is 0. The van der Waals surface area contributed by atoms with Gasteiger partial charge in [0.15, 0.2) is 0 Å². The Morgan fingerprint density at radius 2 is 0.857 bits per heavy atom. The average molecular weight is 297 g/mol. The Hall–Kier alpha value is 0. The molecule has 0 N–H and O–H groups in total. The lowest BCUT2D eigenvalue weighted by molar-refractivity contribution is 0.292. The summed E-state index contributed by atoms with van der Waals surface area (Å²) in [5.74, 6) is 2.04. The van der Waals surface area contributed by atoms with Gasteiger partial charge in [-0.2, -0.15) is 0 Å². The summed E-state index contributed by atoms with van der Waals surface area (Å²) in [4.78, 5) is 0. The first kappa shape index (κ1) is 21.0. The third-order valence-electron chi connectivity index (χ3n) is 4.99. The lowest BCUT2D eigenvalue weighted by Gasteiger charge is -2.23. The van der Waals surface area contributed by atoms with Gasteiger partial charge in [0, 0.05) is 0 Å². The summed E-state index contributed by atoms with van der Waals surface area (Å²) in [5.41, 5.74) is 0. The summed E-state index contributed by atoms with van der Waals surface area (Å²) in [6.07, 6.45) is 21.7. The molecule has 0 saturated heterocycles. The summed E-state index contributed by atoms with van der Waals surface area (Å²) in [6.45, 7) is 9.37. The molecule has 2 atom stereocenters. The molecule has 0 aliphatic carbocycles. The topological polar surface area (TPSA) is 0 Å². The molecule has 0 spiro atoms. The van der Waals surface area contributed by atoms with Gasteiger partial charge in [0.25, 0.3) is 0 Å². The highest BCUT2D eigenvalue weighted by Crippen LogP contribution is 2.29. The third-order valence-corrected chi connectivity index (χ3v) is 4.99. The van der Waals surface area contributed by atoms with E-state index in [1.807, 2.05) is 0 Å². The maximum atomic E-state index is 2.37. The van der Waals surface area contributed by atoms with E-state index in [4.69, 9.17) is 0 Å². The molecular formula is C21H44. The van der Waals surface area contributed by atoms with Gasteiger partial charge in [-0.25, -0.2) is 0 Å². The number of hydrogen-bond donors (Lipinski definition) is 0. The molecule has 0 aromatic carbocycles. The molecule has 0 aliphatic heterocycles. The largest absolute Gasteiger partial charge is 0.0654 e. The van der Waals surface area contributed by atoms with Crippen LogP contribution in [-0.4, -0.2) is 0 Å². The van der Waals surface area contributed by atoms with Crippen molar-refractivity contribution in [3.8, 4) is 0 Å². The molecule has 0 bridgehead atoms. The van der Waals surface area contributed by atoms with E-state index < -0.39 is 0 Å². The van der Waals surface area contributed by atoms with Crippen LogP contribution in [-0.2, 0) is 0 Å². The van der Waals surface area contributed by atoms with E-state index in [1.165, 1.54) is 96.3 Å². The van der Waals surface area contributed by atoms with Crippen molar-refractivity contribution < 1.29 is 0 Å². The lowest BCUT2D eigenvalue weighted by Crippen LogP contribution is -2.10. The van der Waals surface area contributed by atoms with Gasteiger partial charge >= 0.3 is 0 Å². The highest BCUT2D eigenvalue weighted by molar-refractivity contribution is 4.67. The van der Waals surface area contributed by atoms with Crippen LogP contribution in [0.1, 0.15) is 124 Å². The fourth-order valence-corrected chi connectivity index (χ4v) is 3.77. The molecule has 0 amide bonds. The van der Waals surface area contributed by atoms with Crippen LogP contribution in [0.15, 0.2) is 0 Å². The Morgan fingerprint density at radius 3 is 1.33 bits per heavy atom. The maximum Gasteiger partial charge on any atom is -0.0412 e. The van der Waals surface area contributed by atoms with Crippen LogP contribution in [0, 0.1) is 11.8 Å². The molecule has 0 radical (unpaired) electrons. The van der Waals surface area contributed by atoms with E-state index in [-0.39, 0.29) is 0 Å². The van der Waals surface area contributed by atoms with Crippen molar-refractivity contribution in [3.63, 3.8) is 0 Å². The minimum absolute atomic E-state index is 1.02. The molecule has 0 aromatic rings. The molecule has 0 rings (SSSR count). The van der Waals surface area contributed by atoms with E-state index in [9.17, 15) is 0 Å². The van der Waals surface area contributed by atoms with Gasteiger partial charge < -0.3 is 0 Å². The van der Waals surface area contributed by atoms with Gasteiger partial charge in [0.05, 0.1) is 0 Å². The van der Waals surface area contributed by atoms with Crippen LogP contribution in [0.4, 0.5) is 0 Å². The zero-order chi connectivity index (χ0) is 15.8. The van der Waals surface area contributed by atoms with Crippen LogP contribution >= 0.6 is 0 Å². The van der Waals surface area contributed by atoms with Crippen molar-refractivity contribution in [2.24, 2.45) is 11.8 Å². The van der Waals surface area contributed by atoms with Crippen LogP contribution < -0.4 is 0 Å². The van der Waals surface area contributed by atoms with Crippen molar-refractivity contribution in [2.45, 2.75) is 124 Å². The highest BCUT2D eigenvalue weighted by atomic mass is 14.2. The fraction of sp³-hybridized carbons (Fsp3) is 1.00. The molecule has 128 valence electrons. The number of hydrogen-bond acceptors (Lipinski definition) is 0. The quantitative estimate of drug-likeness (QED) is 0.252. The molecule has 0 aliphatic rings. The maximum absolute atomic E-state index is 2.37. The SMILES string of the molecule is CCCCCCCC(CCC)CC(CCC)CCCCC. The Morgan fingerprint density at radius 1 is 0.429 bits per heavy atom. The summed E-state index contributed by atoms with van der Waals surface area (Å²) < 4.78 is 0. The van der Waals surface area contributed by atoms with Crippen LogP contribution in [0.25, 0.3) is 0 Å². The number of unbranched alkanes of at least 4 members (excludes halogenated alkanes) is 6. The standard InChI is InChI=1S/C21H44/c1-5-9-11-12-14-18-21(16-8-4)19-20(15-7-3)17-13-10-6-2/h20-21H,5-19H2,1-4H3. The third kappa shape index (κ3) is 13.4. The zero-order valence-electron chi connectivity index (χ0n) is 15.8. The molecule has 0 nitrogen and oxygen atoms in total. The second kappa shape index (κ2) is 16.4. The molecule has 2 unspecified atom stereocenters. The Bertz CT molecular complexity index is 184. The molecular weight excluding hydrogens is 252 g/mol. The molecule has 21 heavy (non-hydrogen) atoms. The van der Waals surface area contributed by atoms with Gasteiger partial charge in [-0.1, -0.05) is 118 Å². The van der Waals surface area contributed by atoms with Gasteiger partial charge in [-0.05, 0) is 18.3 Å². The summed E-state index contributed by atoms with van der Waals surface area (Å²) >= 11 is 0. The predicted octanol–water partition coefficient (Wildman–Crippen LogP) is 8.15. The average Bonchev–Trinajstić information content (AvgIpc) is 2.47. The lowest BCUT2D eigenvalue weighted by atomic mass is 9.83. The predicted molar refractivity (Wildman–Crippen MR) is 98.9 cm³/mol. The number of rotatable bonds is 16. The second-order valence-electron chi connectivity index (χ2n) is 7.24. The van der Waals surface area contributed by atoms with Crippen LogP contribution in [0.5, 0.6) is 0 Å². The smallest absolute Gasteiger partial charge is 0.0412 e. The molecule has 0 saturated carbocycles.